The molecule has 0 aliphatic carbocycles. The summed E-state index contributed by atoms with van der Waals surface area (Å²) in [5.41, 5.74) is 4.59. The van der Waals surface area contributed by atoms with E-state index >= 15 is 0 Å². The molecule has 0 aliphatic rings. The summed E-state index contributed by atoms with van der Waals surface area (Å²) >= 11 is 0. The Kier molecular flexibility index (Phi) is 10.8. The third-order valence-corrected chi connectivity index (χ3v) is 6.96. The van der Waals surface area contributed by atoms with Crippen molar-refractivity contribution in [2.45, 2.75) is 45.9 Å². The first-order chi connectivity index (χ1) is 22.3. The highest BCUT2D eigenvalue weighted by molar-refractivity contribution is 5.97. The molecule has 0 aliphatic heterocycles. The van der Waals surface area contributed by atoms with Crippen molar-refractivity contribution in [3.8, 4) is 17.4 Å². The molecule has 1 aromatic heterocycles. The molecule has 0 spiro atoms. The lowest BCUT2D eigenvalue weighted by molar-refractivity contribution is -0.149. The standard InChI is InChI=1S/C37H37N3O6/c1-25(2)46-37(42)34(23-27-13-17-31(18-14-27)45-24-28-9-5-4-6-10-28)39-35(41)29-15-19-30(20-16-29)43-21-22-44-36-26(3)38-32-11-7-8-12-33(32)40-36/h4-20,25,34H,21-24H2,1-3H3,(H,39,41)/t34-/m0/s1. The summed E-state index contributed by atoms with van der Waals surface area (Å²) in [4.78, 5) is 35.1. The summed E-state index contributed by atoms with van der Waals surface area (Å²) in [6.07, 6.45) is -0.0586. The van der Waals surface area contributed by atoms with Crippen LogP contribution in [-0.2, 0) is 22.6 Å². The van der Waals surface area contributed by atoms with Crippen molar-refractivity contribution in [2.24, 2.45) is 0 Å². The maximum atomic E-state index is 13.2. The van der Waals surface area contributed by atoms with Gasteiger partial charge < -0.3 is 24.3 Å². The molecule has 0 unspecified atom stereocenters. The van der Waals surface area contributed by atoms with E-state index < -0.39 is 17.9 Å². The van der Waals surface area contributed by atoms with Crippen LogP contribution in [0.25, 0.3) is 11.0 Å². The molecule has 4 aromatic carbocycles. The average molecular weight is 620 g/mol. The van der Waals surface area contributed by atoms with Crippen molar-refractivity contribution < 1.29 is 28.5 Å². The zero-order chi connectivity index (χ0) is 32.3. The summed E-state index contributed by atoms with van der Waals surface area (Å²) in [5, 5.41) is 2.84. The Morgan fingerprint density at radius 2 is 1.30 bits per heavy atom. The lowest BCUT2D eigenvalue weighted by Gasteiger charge is -2.20. The lowest BCUT2D eigenvalue weighted by atomic mass is 10.0. The molecule has 1 heterocycles. The molecule has 9 heteroatoms. The number of ether oxygens (including phenoxy) is 4. The Morgan fingerprint density at radius 1 is 0.696 bits per heavy atom. The summed E-state index contributed by atoms with van der Waals surface area (Å²) in [6, 6.07) is 30.8. The van der Waals surface area contributed by atoms with Gasteiger partial charge in [-0.05, 0) is 80.4 Å². The Hall–Kier alpha value is -5.44. The van der Waals surface area contributed by atoms with Crippen LogP contribution in [0.15, 0.2) is 103 Å². The number of amides is 1. The molecule has 0 fully saturated rings. The SMILES string of the molecule is Cc1nc2ccccc2nc1OCCOc1ccc(C(=O)N[C@@H](Cc2ccc(OCc3ccccc3)cc2)C(=O)OC(C)C)cc1. The lowest BCUT2D eigenvalue weighted by Crippen LogP contribution is -2.44. The number of rotatable bonds is 14. The molecule has 236 valence electrons. The Bertz CT molecular complexity index is 1740. The van der Waals surface area contributed by atoms with E-state index in [1.165, 1.54) is 0 Å². The van der Waals surface area contributed by atoms with Gasteiger partial charge in [-0.1, -0.05) is 54.6 Å². The van der Waals surface area contributed by atoms with Crippen LogP contribution < -0.4 is 19.5 Å². The van der Waals surface area contributed by atoms with Crippen LogP contribution >= 0.6 is 0 Å². The van der Waals surface area contributed by atoms with E-state index in [4.69, 9.17) is 18.9 Å². The molecule has 0 saturated heterocycles. The first-order valence-corrected chi connectivity index (χ1v) is 15.2. The average Bonchev–Trinajstić information content (AvgIpc) is 3.06. The normalized spacial score (nSPS) is 11.6. The Balaban J connectivity index is 1.13. The smallest absolute Gasteiger partial charge is 0.329 e. The quantitative estimate of drug-likeness (QED) is 0.115. The van der Waals surface area contributed by atoms with Crippen molar-refractivity contribution in [3.63, 3.8) is 0 Å². The van der Waals surface area contributed by atoms with E-state index in [2.05, 4.69) is 15.3 Å². The first-order valence-electron chi connectivity index (χ1n) is 15.2. The highest BCUT2D eigenvalue weighted by Gasteiger charge is 2.24. The molecule has 0 saturated carbocycles. The number of para-hydroxylation sites is 2. The molecular formula is C37H37N3O6. The minimum atomic E-state index is -0.874. The number of carbonyl (C=O) groups excluding carboxylic acids is 2. The van der Waals surface area contributed by atoms with Crippen LogP contribution in [0, 0.1) is 6.92 Å². The van der Waals surface area contributed by atoms with Crippen LogP contribution in [0.4, 0.5) is 0 Å². The number of hydrogen-bond acceptors (Lipinski definition) is 8. The van der Waals surface area contributed by atoms with Gasteiger partial charge in [-0.15, -0.1) is 0 Å². The van der Waals surface area contributed by atoms with Gasteiger partial charge in [-0.25, -0.2) is 14.8 Å². The van der Waals surface area contributed by atoms with Crippen LogP contribution in [0.1, 0.15) is 41.0 Å². The third-order valence-electron chi connectivity index (χ3n) is 6.96. The number of carbonyl (C=O) groups is 2. The van der Waals surface area contributed by atoms with Gasteiger partial charge in [-0.3, -0.25) is 4.79 Å². The summed E-state index contributed by atoms with van der Waals surface area (Å²) in [6.45, 7) is 6.41. The number of nitrogens with one attached hydrogen (secondary N) is 1. The van der Waals surface area contributed by atoms with E-state index in [1.807, 2.05) is 85.8 Å². The van der Waals surface area contributed by atoms with E-state index in [1.54, 1.807) is 38.1 Å². The second-order valence-electron chi connectivity index (χ2n) is 11.0. The van der Waals surface area contributed by atoms with Gasteiger partial charge in [0.2, 0.25) is 5.88 Å². The molecule has 1 atom stereocenters. The van der Waals surface area contributed by atoms with Gasteiger partial charge in [0, 0.05) is 12.0 Å². The Morgan fingerprint density at radius 3 is 2.00 bits per heavy atom. The van der Waals surface area contributed by atoms with Gasteiger partial charge in [0.1, 0.15) is 43.1 Å². The predicted molar refractivity (Wildman–Crippen MR) is 175 cm³/mol. The zero-order valence-electron chi connectivity index (χ0n) is 26.1. The minimum Gasteiger partial charge on any atom is -0.490 e. The van der Waals surface area contributed by atoms with Crippen molar-refractivity contribution in [3.05, 3.63) is 126 Å². The Labute approximate surface area is 268 Å². The first kappa shape index (κ1) is 32.0. The summed E-state index contributed by atoms with van der Waals surface area (Å²) in [7, 11) is 0. The largest absolute Gasteiger partial charge is 0.490 e. The molecule has 5 aromatic rings. The highest BCUT2D eigenvalue weighted by atomic mass is 16.5. The highest BCUT2D eigenvalue weighted by Crippen LogP contribution is 2.19. The van der Waals surface area contributed by atoms with Gasteiger partial charge >= 0.3 is 5.97 Å². The number of esters is 1. The van der Waals surface area contributed by atoms with E-state index in [-0.39, 0.29) is 25.7 Å². The fourth-order valence-corrected chi connectivity index (χ4v) is 4.66. The predicted octanol–water partition coefficient (Wildman–Crippen LogP) is 6.27. The number of aromatic nitrogens is 2. The second-order valence-corrected chi connectivity index (χ2v) is 11.0. The molecule has 46 heavy (non-hydrogen) atoms. The number of hydrogen-bond donors (Lipinski definition) is 1. The summed E-state index contributed by atoms with van der Waals surface area (Å²) < 4.78 is 22.9. The van der Waals surface area contributed by atoms with E-state index in [0.717, 1.165) is 22.2 Å². The number of benzene rings is 4. The van der Waals surface area contributed by atoms with Crippen molar-refractivity contribution in [1.82, 2.24) is 15.3 Å². The van der Waals surface area contributed by atoms with Gasteiger partial charge in [0.25, 0.3) is 5.91 Å². The van der Waals surface area contributed by atoms with Crippen molar-refractivity contribution in [1.29, 1.82) is 0 Å². The van der Waals surface area contributed by atoms with Crippen LogP contribution in [-0.4, -0.2) is 47.2 Å². The maximum absolute atomic E-state index is 13.2. The number of fused-ring (bicyclic) bond motifs is 1. The molecule has 0 bridgehead atoms. The summed E-state index contributed by atoms with van der Waals surface area (Å²) in [5.74, 6) is 0.858. The van der Waals surface area contributed by atoms with Gasteiger partial charge in [0.15, 0.2) is 0 Å². The monoisotopic (exact) mass is 619 g/mol. The van der Waals surface area contributed by atoms with Crippen molar-refractivity contribution in [2.75, 3.05) is 13.2 Å². The second kappa shape index (κ2) is 15.5. The fourth-order valence-electron chi connectivity index (χ4n) is 4.66. The van der Waals surface area contributed by atoms with Gasteiger partial charge in [-0.2, -0.15) is 0 Å². The van der Waals surface area contributed by atoms with Crippen LogP contribution in [0.5, 0.6) is 17.4 Å². The molecule has 0 radical (unpaired) electrons. The maximum Gasteiger partial charge on any atom is 0.329 e. The molecule has 1 amide bonds. The van der Waals surface area contributed by atoms with Crippen LogP contribution in [0.3, 0.4) is 0 Å². The van der Waals surface area contributed by atoms with Crippen molar-refractivity contribution >= 4 is 22.9 Å². The van der Waals surface area contributed by atoms with Crippen LogP contribution in [0.2, 0.25) is 0 Å². The molecule has 5 rings (SSSR count). The number of nitrogens with zero attached hydrogens (tertiary/aromatic N) is 2. The molecular weight excluding hydrogens is 582 g/mol. The topological polar surface area (TPSA) is 109 Å². The molecule has 9 nitrogen and oxygen atoms in total. The zero-order valence-corrected chi connectivity index (χ0v) is 26.1. The molecule has 1 N–H and O–H groups in total. The minimum absolute atomic E-state index is 0.262. The van der Waals surface area contributed by atoms with E-state index in [9.17, 15) is 9.59 Å². The van der Waals surface area contributed by atoms with Gasteiger partial charge in [0.05, 0.1) is 17.1 Å². The number of aryl methyl sites for hydroxylation is 1. The van der Waals surface area contributed by atoms with E-state index in [0.29, 0.717) is 35.2 Å². The fraction of sp³-hybridized carbons (Fsp3) is 0.243. The third kappa shape index (κ3) is 9.04.